The van der Waals surface area contributed by atoms with Crippen LogP contribution in [0.1, 0.15) is 0 Å². The van der Waals surface area contributed by atoms with Gasteiger partial charge >= 0.3 is 35.4 Å². The number of hydrogen-bond donors (Lipinski definition) is 0. The summed E-state index contributed by atoms with van der Waals surface area (Å²) in [6, 6.07) is 0. The van der Waals surface area contributed by atoms with Crippen LogP contribution >= 0.6 is 0 Å². The zero-order chi connectivity index (χ0) is 5.21. The van der Waals surface area contributed by atoms with E-state index < -0.39 is 13.0 Å². The van der Waals surface area contributed by atoms with E-state index in [9.17, 15) is 11.5 Å². The fraction of sp³-hybridized carbons (Fsp3) is 1.00. The maximum atomic E-state index is 9.28. The van der Waals surface area contributed by atoms with Gasteiger partial charge in [-0.1, -0.05) is 0 Å². The van der Waals surface area contributed by atoms with E-state index in [1.807, 2.05) is 0 Å². The quantitative estimate of drug-likeness (QED) is 0.463. The molecule has 4 nitrogen and oxygen atoms in total. The van der Waals surface area contributed by atoms with Gasteiger partial charge in [0.05, 0.1) is 0 Å². The zero-order valence-corrected chi connectivity index (χ0v) is 4.19. The molecule has 38 valence electrons. The summed E-state index contributed by atoms with van der Waals surface area (Å²) in [5.41, 5.74) is 0. The summed E-state index contributed by atoms with van der Waals surface area (Å²) in [4.78, 5) is 0. The number of rotatable bonds is 1. The number of hydrogen-bond acceptors (Lipinski definition) is 4. The Morgan fingerprint density at radius 1 is 1.33 bits per heavy atom. The molecule has 0 rings (SSSR count). The molecule has 0 aliphatic carbocycles. The molecule has 0 aromatic carbocycles. The van der Waals surface area contributed by atoms with E-state index in [1.54, 1.807) is 0 Å². The SMILES string of the molecule is C[O][Mn](=[O])(=[O])=[O]. The topological polar surface area (TPSA) is 60.4 Å². The van der Waals surface area contributed by atoms with Gasteiger partial charge in [0, 0.05) is 0 Å². The Kier molecular flexibility index (Phi) is 1.52. The van der Waals surface area contributed by atoms with E-state index in [1.165, 1.54) is 0 Å². The molecule has 0 radical (unpaired) electrons. The second kappa shape index (κ2) is 1.55. The van der Waals surface area contributed by atoms with Gasteiger partial charge in [-0.2, -0.15) is 0 Å². The molecule has 0 unspecified atom stereocenters. The first-order valence-corrected chi connectivity index (χ1v) is 2.95. The van der Waals surface area contributed by atoms with Crippen molar-refractivity contribution in [3.63, 3.8) is 0 Å². The summed E-state index contributed by atoms with van der Waals surface area (Å²) in [6.07, 6.45) is 0. The molecule has 0 aromatic rings. The average Bonchev–Trinajstić information content (AvgIpc) is 1.35. The van der Waals surface area contributed by atoms with E-state index >= 15 is 0 Å². The molecule has 0 spiro atoms. The van der Waals surface area contributed by atoms with Crippen molar-refractivity contribution < 1.29 is 28.3 Å². The first-order valence-electron chi connectivity index (χ1n) is 1.03. The second-order valence-corrected chi connectivity index (χ2v) is 2.19. The zero-order valence-electron chi connectivity index (χ0n) is 3.01. The van der Waals surface area contributed by atoms with E-state index in [4.69, 9.17) is 0 Å². The molecule has 0 fully saturated rings. The van der Waals surface area contributed by atoms with Crippen LogP contribution in [0.15, 0.2) is 0 Å². The van der Waals surface area contributed by atoms with Gasteiger partial charge in [0.2, 0.25) is 0 Å². The van der Waals surface area contributed by atoms with Crippen molar-refractivity contribution in [2.75, 3.05) is 7.11 Å². The summed E-state index contributed by atoms with van der Waals surface area (Å²) in [7, 11) is 0.833. The van der Waals surface area contributed by atoms with Gasteiger partial charge < -0.3 is 0 Å². The fourth-order valence-electron chi connectivity index (χ4n) is 0. The molecular formula is CH3MnO4. The summed E-state index contributed by atoms with van der Waals surface area (Å²) in [5.74, 6) is 0. The third-order valence-corrected chi connectivity index (χ3v) is 0.779. The minimum atomic E-state index is -4.90. The summed E-state index contributed by atoms with van der Waals surface area (Å²) in [5, 5.41) is 0. The molecule has 0 aromatic heterocycles. The minimum absolute atomic E-state index is 0.833. The van der Waals surface area contributed by atoms with E-state index in [0.29, 0.717) is 0 Å². The van der Waals surface area contributed by atoms with Crippen molar-refractivity contribution in [1.29, 1.82) is 0 Å². The van der Waals surface area contributed by atoms with Gasteiger partial charge in [0.15, 0.2) is 0 Å². The van der Waals surface area contributed by atoms with Crippen LogP contribution in [0.4, 0.5) is 0 Å². The molecule has 5 heteroatoms. The summed E-state index contributed by atoms with van der Waals surface area (Å²) < 4.78 is 31.3. The van der Waals surface area contributed by atoms with Gasteiger partial charge in [-0.15, -0.1) is 0 Å². The first kappa shape index (κ1) is 5.88. The van der Waals surface area contributed by atoms with Gasteiger partial charge in [0.25, 0.3) is 0 Å². The van der Waals surface area contributed by atoms with Crippen LogP contribution in [0.3, 0.4) is 0 Å². The van der Waals surface area contributed by atoms with Crippen molar-refractivity contribution in [3.8, 4) is 0 Å². The molecule has 0 aliphatic rings. The Hall–Kier alpha value is -0.121. The van der Waals surface area contributed by atoms with Crippen LogP contribution in [-0.2, 0) is 28.3 Å². The van der Waals surface area contributed by atoms with Crippen LogP contribution in [-0.4, -0.2) is 7.11 Å². The molecule has 0 bridgehead atoms. The molecule has 0 heterocycles. The maximum absolute atomic E-state index is 9.28. The van der Waals surface area contributed by atoms with Crippen molar-refractivity contribution in [1.82, 2.24) is 0 Å². The molecular weight excluding hydrogens is 131 g/mol. The van der Waals surface area contributed by atoms with Gasteiger partial charge in [0.1, 0.15) is 0 Å². The monoisotopic (exact) mass is 134 g/mol. The van der Waals surface area contributed by atoms with Crippen molar-refractivity contribution in [2.45, 2.75) is 0 Å². The van der Waals surface area contributed by atoms with Gasteiger partial charge in [-0.05, 0) is 0 Å². The van der Waals surface area contributed by atoms with Crippen molar-refractivity contribution in [3.05, 3.63) is 0 Å². The van der Waals surface area contributed by atoms with E-state index in [0.717, 1.165) is 7.11 Å². The van der Waals surface area contributed by atoms with Crippen LogP contribution in [0, 0.1) is 0 Å². The van der Waals surface area contributed by atoms with Crippen LogP contribution in [0.2, 0.25) is 0 Å². The molecule has 0 saturated heterocycles. The summed E-state index contributed by atoms with van der Waals surface area (Å²) >= 11 is -4.90. The Labute approximate surface area is 36.3 Å². The Morgan fingerprint density at radius 3 is 1.50 bits per heavy atom. The standard InChI is InChI=1S/CH3O.Mn.3O/c1-2;;;;/h1H3;;;;/q-1;+1;;;. The predicted molar refractivity (Wildman–Crippen MR) is 9.07 cm³/mol. The molecule has 6 heavy (non-hydrogen) atoms. The Balaban J connectivity index is 4.30. The first-order chi connectivity index (χ1) is 2.56. The Morgan fingerprint density at radius 2 is 1.50 bits per heavy atom. The predicted octanol–water partition coefficient (Wildman–Crippen LogP) is -0.262. The fourth-order valence-corrected chi connectivity index (χ4v) is 0. The van der Waals surface area contributed by atoms with Gasteiger partial charge in [-0.3, -0.25) is 0 Å². The van der Waals surface area contributed by atoms with Crippen molar-refractivity contribution >= 4 is 0 Å². The average molecular weight is 134 g/mol. The third kappa shape index (κ3) is 3.88. The molecule has 0 saturated carbocycles. The normalized spacial score (nSPS) is 11.5. The molecule has 0 aliphatic heterocycles. The molecule has 0 amide bonds. The third-order valence-electron chi connectivity index (χ3n) is 0.189. The molecule has 0 N–H and O–H groups in total. The van der Waals surface area contributed by atoms with Crippen molar-refractivity contribution in [2.24, 2.45) is 0 Å². The van der Waals surface area contributed by atoms with E-state index in [-0.39, 0.29) is 0 Å². The second-order valence-electron chi connectivity index (χ2n) is 0.532. The summed E-state index contributed by atoms with van der Waals surface area (Å²) in [6.45, 7) is 0. The molecule has 0 atom stereocenters. The van der Waals surface area contributed by atoms with Crippen LogP contribution in [0.5, 0.6) is 0 Å². The Bertz CT molecular complexity index is 140. The van der Waals surface area contributed by atoms with Crippen LogP contribution in [0.25, 0.3) is 0 Å². The van der Waals surface area contributed by atoms with E-state index in [2.05, 4.69) is 3.82 Å². The van der Waals surface area contributed by atoms with Gasteiger partial charge in [-0.25, -0.2) is 0 Å². The van der Waals surface area contributed by atoms with Crippen LogP contribution < -0.4 is 0 Å².